The molecule has 1 aliphatic heterocycles. The number of likely N-dealkylation sites (tertiary alicyclic amines) is 1. The average molecular weight is 422 g/mol. The van der Waals surface area contributed by atoms with E-state index in [0.29, 0.717) is 19.4 Å². The van der Waals surface area contributed by atoms with E-state index in [1.54, 1.807) is 11.9 Å². The van der Waals surface area contributed by atoms with E-state index in [0.717, 1.165) is 25.7 Å². The quantitative estimate of drug-likeness (QED) is 0.350. The van der Waals surface area contributed by atoms with Crippen LogP contribution in [0.4, 0.5) is 0 Å². The molecule has 0 bridgehead atoms. The number of fused-ring (bicyclic) bond motifs is 1. The highest BCUT2D eigenvalue weighted by molar-refractivity contribution is 5.96. The summed E-state index contributed by atoms with van der Waals surface area (Å²) in [5.74, 6) is -1.66. The van der Waals surface area contributed by atoms with Gasteiger partial charge in [-0.25, -0.2) is 0 Å². The molecular formula is C23H39N3O4. The van der Waals surface area contributed by atoms with Crippen LogP contribution in [0.3, 0.4) is 0 Å². The molecule has 0 saturated carbocycles. The minimum atomic E-state index is -0.605. The lowest BCUT2D eigenvalue weighted by atomic mass is 9.68. The van der Waals surface area contributed by atoms with Gasteiger partial charge in [0.05, 0.1) is 11.8 Å². The van der Waals surface area contributed by atoms with E-state index in [9.17, 15) is 14.4 Å². The number of aliphatic hydroxyl groups excluding tert-OH is 1. The number of nitrogens with one attached hydrogen (secondary N) is 2. The summed E-state index contributed by atoms with van der Waals surface area (Å²) >= 11 is 0. The van der Waals surface area contributed by atoms with E-state index >= 15 is 0 Å². The predicted molar refractivity (Wildman–Crippen MR) is 116 cm³/mol. The van der Waals surface area contributed by atoms with Crippen molar-refractivity contribution < 1.29 is 19.5 Å². The van der Waals surface area contributed by atoms with E-state index in [1.165, 1.54) is 0 Å². The summed E-state index contributed by atoms with van der Waals surface area (Å²) in [7, 11) is 1.60. The van der Waals surface area contributed by atoms with Crippen molar-refractivity contribution in [2.45, 2.75) is 71.4 Å². The zero-order chi connectivity index (χ0) is 22.3. The lowest BCUT2D eigenvalue weighted by molar-refractivity contribution is -0.141. The molecule has 0 radical (unpaired) electrons. The average Bonchev–Trinajstić information content (AvgIpc) is 3.00. The van der Waals surface area contributed by atoms with Crippen LogP contribution in [-0.4, -0.2) is 60.0 Å². The maximum absolute atomic E-state index is 13.5. The number of amides is 3. The first kappa shape index (κ1) is 24.4. The smallest absolute Gasteiger partial charge is 0.243 e. The molecule has 2 rings (SSSR count). The van der Waals surface area contributed by atoms with Gasteiger partial charge in [0.15, 0.2) is 0 Å². The van der Waals surface area contributed by atoms with Gasteiger partial charge in [0, 0.05) is 32.2 Å². The first-order chi connectivity index (χ1) is 14.4. The highest BCUT2D eigenvalue weighted by Crippen LogP contribution is 2.45. The Bertz CT molecular complexity index is 636. The Kier molecular flexibility index (Phi) is 9.34. The van der Waals surface area contributed by atoms with Gasteiger partial charge in [-0.1, -0.05) is 38.8 Å². The van der Waals surface area contributed by atoms with Gasteiger partial charge in [-0.05, 0) is 38.5 Å². The molecule has 3 N–H and O–H groups in total. The van der Waals surface area contributed by atoms with Crippen LogP contribution in [0, 0.1) is 23.7 Å². The van der Waals surface area contributed by atoms with Crippen molar-refractivity contribution in [3.05, 3.63) is 12.2 Å². The van der Waals surface area contributed by atoms with Crippen LogP contribution < -0.4 is 10.6 Å². The van der Waals surface area contributed by atoms with Gasteiger partial charge in [-0.2, -0.15) is 0 Å². The van der Waals surface area contributed by atoms with Crippen molar-refractivity contribution in [3.8, 4) is 0 Å². The van der Waals surface area contributed by atoms with Gasteiger partial charge in [-0.15, -0.1) is 0 Å². The second-order valence-electron chi connectivity index (χ2n) is 8.69. The maximum atomic E-state index is 13.5. The van der Waals surface area contributed by atoms with Gasteiger partial charge in [-0.3, -0.25) is 14.4 Å². The van der Waals surface area contributed by atoms with Crippen LogP contribution in [0.1, 0.15) is 59.3 Å². The van der Waals surface area contributed by atoms with Crippen LogP contribution in [0.25, 0.3) is 0 Å². The Labute approximate surface area is 180 Å². The summed E-state index contributed by atoms with van der Waals surface area (Å²) < 4.78 is 0. The highest BCUT2D eigenvalue weighted by atomic mass is 16.3. The first-order valence-corrected chi connectivity index (χ1v) is 11.5. The van der Waals surface area contributed by atoms with E-state index in [4.69, 9.17) is 5.11 Å². The molecule has 1 heterocycles. The van der Waals surface area contributed by atoms with E-state index < -0.39 is 17.9 Å². The van der Waals surface area contributed by atoms with Crippen molar-refractivity contribution >= 4 is 17.7 Å². The molecule has 7 heteroatoms. The number of rotatable bonds is 11. The van der Waals surface area contributed by atoms with Crippen molar-refractivity contribution in [2.24, 2.45) is 23.7 Å². The molecule has 0 aromatic carbocycles. The first-order valence-electron chi connectivity index (χ1n) is 11.5. The lowest BCUT2D eigenvalue weighted by Crippen LogP contribution is -2.50. The van der Waals surface area contributed by atoms with Crippen molar-refractivity contribution in [2.75, 3.05) is 20.2 Å². The molecule has 7 nitrogen and oxygen atoms in total. The largest absolute Gasteiger partial charge is 0.396 e. The molecule has 170 valence electrons. The number of hydrogen-bond donors (Lipinski definition) is 3. The van der Waals surface area contributed by atoms with Gasteiger partial charge in [0.1, 0.15) is 6.04 Å². The highest BCUT2D eigenvalue weighted by Gasteiger charge is 2.56. The normalized spacial score (nSPS) is 28.9. The summed E-state index contributed by atoms with van der Waals surface area (Å²) in [4.78, 5) is 41.2. The zero-order valence-electron chi connectivity index (χ0n) is 18.9. The summed E-state index contributed by atoms with van der Waals surface area (Å²) in [6.07, 6.45) is 8.85. The third kappa shape index (κ3) is 5.23. The standard InChI is InChI=1S/C23H39N3O4/c1-5-9-15(3)25-22(29)20-17-12-11-16(10-6-2)18(21(28)24-4)19(17)23(30)26(20)13-7-8-14-27/h11-12,15-20,27H,5-10,13-14H2,1-4H3,(H,24,28)(H,25,29)/t15?,16-,17+,18-,19+,20+/m1/s1. The molecule has 0 aromatic heterocycles. The summed E-state index contributed by atoms with van der Waals surface area (Å²) in [5, 5.41) is 15.0. The van der Waals surface area contributed by atoms with Gasteiger partial charge >= 0.3 is 0 Å². The minimum absolute atomic E-state index is 0.000248. The topological polar surface area (TPSA) is 98.7 Å². The van der Waals surface area contributed by atoms with E-state index in [2.05, 4.69) is 24.5 Å². The molecule has 0 spiro atoms. The van der Waals surface area contributed by atoms with E-state index in [1.807, 2.05) is 19.1 Å². The summed E-state index contributed by atoms with van der Waals surface area (Å²) in [5.41, 5.74) is 0. The third-order valence-electron chi connectivity index (χ3n) is 6.47. The molecular weight excluding hydrogens is 382 g/mol. The Hall–Kier alpha value is -1.89. The van der Waals surface area contributed by atoms with Crippen molar-refractivity contribution in [1.82, 2.24) is 15.5 Å². The molecule has 2 aliphatic rings. The maximum Gasteiger partial charge on any atom is 0.243 e. The van der Waals surface area contributed by atoms with E-state index in [-0.39, 0.29) is 42.2 Å². The Balaban J connectivity index is 2.37. The van der Waals surface area contributed by atoms with Gasteiger partial charge in [0.2, 0.25) is 17.7 Å². The minimum Gasteiger partial charge on any atom is -0.396 e. The number of aliphatic hydroxyl groups is 1. The van der Waals surface area contributed by atoms with Crippen LogP contribution in [0.15, 0.2) is 12.2 Å². The van der Waals surface area contributed by atoms with Gasteiger partial charge in [0.25, 0.3) is 0 Å². The van der Waals surface area contributed by atoms with Crippen molar-refractivity contribution in [1.29, 1.82) is 0 Å². The SMILES string of the molecule is CCCC(C)NC(=O)[C@@H]1[C@H]2C=C[C@@H](CCC)[C@@H](C(=O)NC)[C@H]2C(=O)N1CCCCO. The third-order valence-corrected chi connectivity index (χ3v) is 6.47. The fraction of sp³-hybridized carbons (Fsp3) is 0.783. The molecule has 6 atom stereocenters. The van der Waals surface area contributed by atoms with Crippen LogP contribution in [-0.2, 0) is 14.4 Å². The Morgan fingerprint density at radius 2 is 1.90 bits per heavy atom. The number of allylic oxidation sites excluding steroid dienone is 1. The number of hydrogen-bond acceptors (Lipinski definition) is 4. The number of nitrogens with zero attached hydrogens (tertiary/aromatic N) is 1. The molecule has 1 saturated heterocycles. The molecule has 1 fully saturated rings. The Morgan fingerprint density at radius 3 is 2.50 bits per heavy atom. The van der Waals surface area contributed by atoms with Crippen LogP contribution in [0.5, 0.6) is 0 Å². The van der Waals surface area contributed by atoms with Gasteiger partial charge < -0.3 is 20.6 Å². The predicted octanol–water partition coefficient (Wildman–Crippen LogP) is 1.86. The second-order valence-corrected chi connectivity index (χ2v) is 8.69. The summed E-state index contributed by atoms with van der Waals surface area (Å²) in [6.45, 7) is 6.60. The van der Waals surface area contributed by atoms with Crippen molar-refractivity contribution in [3.63, 3.8) is 0 Å². The fourth-order valence-corrected chi connectivity index (χ4v) is 5.10. The molecule has 0 aromatic rings. The fourth-order valence-electron chi connectivity index (χ4n) is 5.10. The number of unbranched alkanes of at least 4 members (excludes halogenated alkanes) is 1. The molecule has 30 heavy (non-hydrogen) atoms. The molecule has 1 aliphatic carbocycles. The lowest BCUT2D eigenvalue weighted by Gasteiger charge is -2.34. The monoisotopic (exact) mass is 421 g/mol. The molecule has 1 unspecified atom stereocenters. The van der Waals surface area contributed by atoms with Crippen LogP contribution in [0.2, 0.25) is 0 Å². The number of carbonyl (C=O) groups is 3. The Morgan fingerprint density at radius 1 is 1.17 bits per heavy atom. The second kappa shape index (κ2) is 11.5. The van der Waals surface area contributed by atoms with Crippen LogP contribution >= 0.6 is 0 Å². The molecule has 3 amide bonds. The summed E-state index contributed by atoms with van der Waals surface area (Å²) in [6, 6.07) is -0.572. The zero-order valence-corrected chi connectivity index (χ0v) is 18.9. The number of carbonyl (C=O) groups excluding carboxylic acids is 3.